The van der Waals surface area contributed by atoms with Gasteiger partial charge in [0.15, 0.2) is 5.96 Å². The van der Waals surface area contributed by atoms with Crippen LogP contribution in [0.1, 0.15) is 58.3 Å². The van der Waals surface area contributed by atoms with Crippen molar-refractivity contribution in [2.45, 2.75) is 76.5 Å². The van der Waals surface area contributed by atoms with Gasteiger partial charge in [0.2, 0.25) is 0 Å². The third kappa shape index (κ3) is 4.05. The van der Waals surface area contributed by atoms with Crippen molar-refractivity contribution in [3.8, 4) is 0 Å². The molecule has 0 aromatic rings. The molecule has 1 spiro atoms. The molecule has 3 unspecified atom stereocenters. The summed E-state index contributed by atoms with van der Waals surface area (Å²) in [7, 11) is 1.79. The number of aliphatic imine (C=N–C) groups is 1. The van der Waals surface area contributed by atoms with E-state index < -0.39 is 0 Å². The molecule has 2 saturated carbocycles. The summed E-state index contributed by atoms with van der Waals surface area (Å²) in [6, 6.07) is 1.08. The van der Waals surface area contributed by atoms with Gasteiger partial charge >= 0.3 is 0 Å². The van der Waals surface area contributed by atoms with Crippen molar-refractivity contribution in [3.05, 3.63) is 0 Å². The van der Waals surface area contributed by atoms with E-state index in [1.165, 1.54) is 58.0 Å². The lowest BCUT2D eigenvalue weighted by molar-refractivity contribution is -0.125. The van der Waals surface area contributed by atoms with Crippen molar-refractivity contribution >= 4 is 5.96 Å². The fourth-order valence-corrected chi connectivity index (χ4v) is 6.27. The Hall–Kier alpha value is -0.850. The van der Waals surface area contributed by atoms with E-state index in [1.807, 2.05) is 0 Å². The quantitative estimate of drug-likeness (QED) is 0.396. The number of nitrogens with one attached hydrogen (secondary N) is 2. The summed E-state index contributed by atoms with van der Waals surface area (Å²) in [5, 5.41) is 7.66. The van der Waals surface area contributed by atoms with E-state index in [2.05, 4.69) is 22.5 Å². The topological polar surface area (TPSA) is 58.1 Å². The van der Waals surface area contributed by atoms with Gasteiger partial charge in [-0.3, -0.25) is 4.99 Å². The SMILES string of the molecule is CCN=C(NC1CCN(CCCOC)CC1)NC1C2CCOC2C12CCCC2. The van der Waals surface area contributed by atoms with Crippen LogP contribution in [0.5, 0.6) is 0 Å². The summed E-state index contributed by atoms with van der Waals surface area (Å²) >= 11 is 0. The minimum Gasteiger partial charge on any atom is -0.385 e. The van der Waals surface area contributed by atoms with Gasteiger partial charge in [0, 0.05) is 69.9 Å². The molecule has 3 atom stereocenters. The van der Waals surface area contributed by atoms with Gasteiger partial charge in [-0.1, -0.05) is 12.8 Å². The molecular formula is C22H40N4O2. The van der Waals surface area contributed by atoms with Crippen LogP contribution < -0.4 is 10.6 Å². The van der Waals surface area contributed by atoms with Gasteiger partial charge in [-0.25, -0.2) is 0 Å². The number of guanidine groups is 1. The standard InChI is InChI=1S/C22H40N4O2/c1-3-23-21(24-17-7-13-26(14-8-17)12-6-15-27-2)25-19-18-9-16-28-20(18)22(19)10-4-5-11-22/h17-20H,3-16H2,1-2H3,(H2,23,24,25). The summed E-state index contributed by atoms with van der Waals surface area (Å²) in [6.45, 7) is 8.28. The predicted molar refractivity (Wildman–Crippen MR) is 113 cm³/mol. The van der Waals surface area contributed by atoms with E-state index >= 15 is 0 Å². The van der Waals surface area contributed by atoms with Crippen molar-refractivity contribution < 1.29 is 9.47 Å². The van der Waals surface area contributed by atoms with E-state index in [1.54, 1.807) is 7.11 Å². The number of piperidine rings is 1. The highest BCUT2D eigenvalue weighted by molar-refractivity contribution is 5.80. The number of hydrogen-bond donors (Lipinski definition) is 2. The molecule has 0 aromatic heterocycles. The number of nitrogens with zero attached hydrogens (tertiary/aromatic N) is 2. The smallest absolute Gasteiger partial charge is 0.191 e. The number of ether oxygens (including phenoxy) is 2. The maximum atomic E-state index is 6.15. The Morgan fingerprint density at radius 3 is 2.68 bits per heavy atom. The summed E-state index contributed by atoms with van der Waals surface area (Å²) in [5.41, 5.74) is 0.377. The molecule has 4 rings (SSSR count). The van der Waals surface area contributed by atoms with E-state index in [0.29, 0.717) is 29.5 Å². The third-order valence-electron chi connectivity index (χ3n) is 7.65. The summed E-state index contributed by atoms with van der Waals surface area (Å²) < 4.78 is 11.3. The van der Waals surface area contributed by atoms with E-state index in [9.17, 15) is 0 Å². The maximum Gasteiger partial charge on any atom is 0.191 e. The molecule has 0 bridgehead atoms. The third-order valence-corrected chi connectivity index (χ3v) is 7.65. The van der Waals surface area contributed by atoms with Gasteiger partial charge in [0.25, 0.3) is 0 Å². The molecule has 0 radical (unpaired) electrons. The second-order valence-corrected chi connectivity index (χ2v) is 9.24. The average Bonchev–Trinajstić information content (AvgIpc) is 3.37. The van der Waals surface area contributed by atoms with Crippen molar-refractivity contribution in [2.24, 2.45) is 16.3 Å². The summed E-state index contributed by atoms with van der Waals surface area (Å²) in [6.07, 6.45) is 10.6. The molecule has 4 fully saturated rings. The van der Waals surface area contributed by atoms with Crippen LogP contribution in [-0.2, 0) is 9.47 Å². The monoisotopic (exact) mass is 392 g/mol. The minimum atomic E-state index is 0.377. The number of hydrogen-bond acceptors (Lipinski definition) is 4. The van der Waals surface area contributed by atoms with Crippen molar-refractivity contribution in [1.82, 2.24) is 15.5 Å². The van der Waals surface area contributed by atoms with Crippen molar-refractivity contribution in [1.29, 1.82) is 0 Å². The molecule has 2 heterocycles. The first-order chi connectivity index (χ1) is 13.8. The van der Waals surface area contributed by atoms with Gasteiger partial charge in [0.05, 0.1) is 6.10 Å². The van der Waals surface area contributed by atoms with Crippen LogP contribution >= 0.6 is 0 Å². The van der Waals surface area contributed by atoms with Gasteiger partial charge in [-0.2, -0.15) is 0 Å². The highest BCUT2D eigenvalue weighted by Crippen LogP contribution is 2.60. The molecule has 0 amide bonds. The lowest BCUT2D eigenvalue weighted by Crippen LogP contribution is -2.69. The number of methoxy groups -OCH3 is 1. The lowest BCUT2D eigenvalue weighted by Gasteiger charge is -2.57. The molecule has 6 nitrogen and oxygen atoms in total. The molecule has 28 heavy (non-hydrogen) atoms. The minimum absolute atomic E-state index is 0.377. The number of rotatable bonds is 7. The zero-order chi connectivity index (χ0) is 19.4. The second-order valence-electron chi connectivity index (χ2n) is 9.24. The molecular weight excluding hydrogens is 352 g/mol. The van der Waals surface area contributed by atoms with Crippen LogP contribution in [-0.4, -0.2) is 75.5 Å². The first kappa shape index (κ1) is 20.4. The van der Waals surface area contributed by atoms with Crippen LogP contribution in [0.2, 0.25) is 0 Å². The molecule has 2 aliphatic carbocycles. The fraction of sp³-hybridized carbons (Fsp3) is 0.955. The Kier molecular flexibility index (Phi) is 6.79. The molecule has 2 N–H and O–H groups in total. The molecule has 2 saturated heterocycles. The van der Waals surface area contributed by atoms with Crippen LogP contribution in [0.25, 0.3) is 0 Å². The Labute approximate surface area is 170 Å². The first-order valence-electron chi connectivity index (χ1n) is 11.7. The van der Waals surface area contributed by atoms with Gasteiger partial charge < -0.3 is 25.0 Å². The molecule has 160 valence electrons. The second kappa shape index (κ2) is 9.31. The zero-order valence-electron chi connectivity index (χ0n) is 17.9. The summed E-state index contributed by atoms with van der Waals surface area (Å²) in [4.78, 5) is 7.38. The molecule has 2 aliphatic heterocycles. The van der Waals surface area contributed by atoms with Crippen LogP contribution in [0, 0.1) is 11.3 Å². The molecule has 6 heteroatoms. The number of fused-ring (bicyclic) bond motifs is 2. The van der Waals surface area contributed by atoms with Crippen molar-refractivity contribution in [3.63, 3.8) is 0 Å². The molecule has 0 aromatic carbocycles. The maximum absolute atomic E-state index is 6.15. The van der Waals surface area contributed by atoms with E-state index in [0.717, 1.165) is 38.7 Å². The van der Waals surface area contributed by atoms with Crippen LogP contribution in [0.15, 0.2) is 4.99 Å². The van der Waals surface area contributed by atoms with Gasteiger partial charge in [-0.15, -0.1) is 0 Å². The zero-order valence-corrected chi connectivity index (χ0v) is 17.9. The van der Waals surface area contributed by atoms with Crippen molar-refractivity contribution in [2.75, 3.05) is 46.5 Å². The Morgan fingerprint density at radius 1 is 1.18 bits per heavy atom. The van der Waals surface area contributed by atoms with Gasteiger partial charge in [-0.05, 0) is 45.4 Å². The van der Waals surface area contributed by atoms with Crippen LogP contribution in [0.4, 0.5) is 0 Å². The van der Waals surface area contributed by atoms with Gasteiger partial charge in [0.1, 0.15) is 0 Å². The lowest BCUT2D eigenvalue weighted by atomic mass is 9.54. The first-order valence-corrected chi connectivity index (χ1v) is 11.7. The van der Waals surface area contributed by atoms with E-state index in [-0.39, 0.29) is 0 Å². The Morgan fingerprint density at radius 2 is 1.96 bits per heavy atom. The largest absolute Gasteiger partial charge is 0.385 e. The fourth-order valence-electron chi connectivity index (χ4n) is 6.27. The predicted octanol–water partition coefficient (Wildman–Crippen LogP) is 2.39. The van der Waals surface area contributed by atoms with E-state index in [4.69, 9.17) is 14.5 Å². The summed E-state index contributed by atoms with van der Waals surface area (Å²) in [5.74, 6) is 1.73. The molecule has 4 aliphatic rings. The average molecular weight is 393 g/mol. The Bertz CT molecular complexity index is 527. The normalized spacial score (nSPS) is 33.1. The highest BCUT2D eigenvalue weighted by atomic mass is 16.5. The number of likely N-dealkylation sites (tertiary alicyclic amines) is 1. The highest BCUT2D eigenvalue weighted by Gasteiger charge is 2.65. The van der Waals surface area contributed by atoms with Crippen LogP contribution in [0.3, 0.4) is 0 Å². The Balaban J connectivity index is 1.30.